The molecule has 0 aliphatic heterocycles. The standard InChI is InChI=1S/C22H19ClN2/c1-15-5-4-6-22(11-15)25-16(2)12-19(17(25)3)13-20(14-24)18-7-9-21(23)10-8-18/h4-13H,1-3H3/b20-13-. The molecule has 0 spiro atoms. The zero-order chi connectivity index (χ0) is 18.0. The lowest BCUT2D eigenvalue weighted by atomic mass is 10.0. The van der Waals surface area contributed by atoms with Crippen molar-refractivity contribution in [1.82, 2.24) is 4.57 Å². The molecule has 25 heavy (non-hydrogen) atoms. The second-order valence-electron chi connectivity index (χ2n) is 6.18. The number of aromatic nitrogens is 1. The molecule has 2 nitrogen and oxygen atoms in total. The first-order valence-corrected chi connectivity index (χ1v) is 8.51. The molecule has 124 valence electrons. The van der Waals surface area contributed by atoms with Crippen molar-refractivity contribution in [2.75, 3.05) is 0 Å². The van der Waals surface area contributed by atoms with E-state index in [1.807, 2.05) is 18.2 Å². The van der Waals surface area contributed by atoms with Crippen molar-refractivity contribution in [2.24, 2.45) is 0 Å². The molecular weight excluding hydrogens is 328 g/mol. The average molecular weight is 347 g/mol. The number of hydrogen-bond donors (Lipinski definition) is 0. The van der Waals surface area contributed by atoms with E-state index in [1.165, 1.54) is 5.56 Å². The molecule has 3 rings (SSSR count). The van der Waals surface area contributed by atoms with E-state index < -0.39 is 0 Å². The monoisotopic (exact) mass is 346 g/mol. The lowest BCUT2D eigenvalue weighted by Crippen LogP contribution is -1.99. The molecule has 0 aliphatic carbocycles. The van der Waals surface area contributed by atoms with Gasteiger partial charge in [0.15, 0.2) is 0 Å². The molecular formula is C22H19ClN2. The number of nitrogens with zero attached hydrogens (tertiary/aromatic N) is 2. The van der Waals surface area contributed by atoms with E-state index in [4.69, 9.17) is 11.6 Å². The number of hydrogen-bond acceptors (Lipinski definition) is 1. The Balaban J connectivity index is 2.08. The number of rotatable bonds is 3. The third-order valence-electron chi connectivity index (χ3n) is 4.31. The van der Waals surface area contributed by atoms with E-state index in [0.717, 1.165) is 28.2 Å². The minimum absolute atomic E-state index is 0.626. The van der Waals surface area contributed by atoms with E-state index in [1.54, 1.807) is 12.1 Å². The van der Waals surface area contributed by atoms with Crippen LogP contribution in [0.1, 0.15) is 28.1 Å². The van der Waals surface area contributed by atoms with Crippen LogP contribution in [0.2, 0.25) is 5.02 Å². The number of benzene rings is 2. The Kier molecular flexibility index (Phi) is 4.79. The maximum absolute atomic E-state index is 9.57. The topological polar surface area (TPSA) is 28.7 Å². The van der Waals surface area contributed by atoms with E-state index in [9.17, 15) is 5.26 Å². The fourth-order valence-electron chi connectivity index (χ4n) is 3.06. The van der Waals surface area contributed by atoms with E-state index >= 15 is 0 Å². The van der Waals surface area contributed by atoms with E-state index in [0.29, 0.717) is 10.6 Å². The molecule has 0 atom stereocenters. The van der Waals surface area contributed by atoms with Crippen LogP contribution in [0.4, 0.5) is 0 Å². The normalized spacial score (nSPS) is 11.4. The average Bonchev–Trinajstić information content (AvgIpc) is 2.87. The summed E-state index contributed by atoms with van der Waals surface area (Å²) >= 11 is 5.94. The van der Waals surface area contributed by atoms with Crippen molar-refractivity contribution < 1.29 is 0 Å². The van der Waals surface area contributed by atoms with Gasteiger partial charge in [0, 0.05) is 22.1 Å². The van der Waals surface area contributed by atoms with Gasteiger partial charge in [-0.1, -0.05) is 35.9 Å². The van der Waals surface area contributed by atoms with E-state index in [2.05, 4.69) is 61.7 Å². The number of allylic oxidation sites excluding steroid dienone is 1. The van der Waals surface area contributed by atoms with Crippen LogP contribution in [0.3, 0.4) is 0 Å². The van der Waals surface area contributed by atoms with Gasteiger partial charge in [-0.3, -0.25) is 0 Å². The van der Waals surface area contributed by atoms with Gasteiger partial charge in [0.2, 0.25) is 0 Å². The lowest BCUT2D eigenvalue weighted by Gasteiger charge is -2.10. The fraction of sp³-hybridized carbons (Fsp3) is 0.136. The first-order chi connectivity index (χ1) is 12.0. The summed E-state index contributed by atoms with van der Waals surface area (Å²) in [5.74, 6) is 0. The third-order valence-corrected chi connectivity index (χ3v) is 4.56. The molecule has 1 heterocycles. The van der Waals surface area contributed by atoms with Crippen LogP contribution in [0.5, 0.6) is 0 Å². The zero-order valence-corrected chi connectivity index (χ0v) is 15.3. The number of aryl methyl sites for hydroxylation is 2. The van der Waals surface area contributed by atoms with Crippen LogP contribution in [0.25, 0.3) is 17.3 Å². The van der Waals surface area contributed by atoms with Crippen LogP contribution in [-0.2, 0) is 0 Å². The SMILES string of the molecule is Cc1cccc(-n2c(C)cc(/C=C(/C#N)c3ccc(Cl)cc3)c2C)c1. The van der Waals surface area contributed by atoms with Gasteiger partial charge in [-0.25, -0.2) is 0 Å². The molecule has 0 fully saturated rings. The molecule has 0 amide bonds. The molecule has 0 bridgehead atoms. The minimum Gasteiger partial charge on any atom is -0.318 e. The van der Waals surface area contributed by atoms with Crippen LogP contribution in [0.15, 0.2) is 54.6 Å². The Morgan fingerprint density at radius 3 is 2.40 bits per heavy atom. The van der Waals surface area contributed by atoms with Crippen LogP contribution in [0, 0.1) is 32.1 Å². The van der Waals surface area contributed by atoms with E-state index in [-0.39, 0.29) is 0 Å². The maximum atomic E-state index is 9.57. The molecule has 3 aromatic rings. The van der Waals surface area contributed by atoms with Crippen molar-refractivity contribution in [3.05, 3.63) is 87.7 Å². The summed E-state index contributed by atoms with van der Waals surface area (Å²) in [5.41, 5.74) is 7.16. The molecule has 0 aliphatic rings. The fourth-order valence-corrected chi connectivity index (χ4v) is 3.19. The summed E-state index contributed by atoms with van der Waals surface area (Å²) < 4.78 is 2.22. The Morgan fingerprint density at radius 1 is 1.04 bits per heavy atom. The van der Waals surface area contributed by atoms with Gasteiger partial charge < -0.3 is 4.57 Å². The number of halogens is 1. The second-order valence-corrected chi connectivity index (χ2v) is 6.61. The summed E-state index contributed by atoms with van der Waals surface area (Å²) in [6, 6.07) is 20.2. The van der Waals surface area contributed by atoms with Crippen LogP contribution >= 0.6 is 11.6 Å². The van der Waals surface area contributed by atoms with Gasteiger partial charge >= 0.3 is 0 Å². The van der Waals surface area contributed by atoms with Gasteiger partial charge in [-0.2, -0.15) is 5.26 Å². The van der Waals surface area contributed by atoms with Crippen LogP contribution < -0.4 is 0 Å². The highest BCUT2D eigenvalue weighted by molar-refractivity contribution is 6.30. The van der Waals surface area contributed by atoms with Crippen molar-refractivity contribution in [3.63, 3.8) is 0 Å². The van der Waals surface area contributed by atoms with Crippen LogP contribution in [-0.4, -0.2) is 4.57 Å². The van der Waals surface area contributed by atoms with Gasteiger partial charge in [0.1, 0.15) is 0 Å². The summed E-state index contributed by atoms with van der Waals surface area (Å²) in [6.45, 7) is 6.26. The molecule has 2 aromatic carbocycles. The van der Waals surface area contributed by atoms with Gasteiger partial charge in [0.25, 0.3) is 0 Å². The Bertz CT molecular complexity index is 986. The Labute approximate surface area is 153 Å². The second kappa shape index (κ2) is 7.01. The molecule has 0 N–H and O–H groups in total. The molecule has 0 saturated heterocycles. The predicted molar refractivity (Wildman–Crippen MR) is 105 cm³/mol. The summed E-state index contributed by atoms with van der Waals surface area (Å²) in [7, 11) is 0. The predicted octanol–water partition coefficient (Wildman–Crippen LogP) is 6.12. The third kappa shape index (κ3) is 3.52. The first-order valence-electron chi connectivity index (χ1n) is 8.13. The largest absolute Gasteiger partial charge is 0.318 e. The van der Waals surface area contributed by atoms with Gasteiger partial charge in [-0.05, 0) is 73.9 Å². The highest BCUT2D eigenvalue weighted by Gasteiger charge is 2.11. The van der Waals surface area contributed by atoms with Crippen molar-refractivity contribution >= 4 is 23.3 Å². The van der Waals surface area contributed by atoms with Crippen molar-refractivity contribution in [3.8, 4) is 11.8 Å². The highest BCUT2D eigenvalue weighted by atomic mass is 35.5. The highest BCUT2D eigenvalue weighted by Crippen LogP contribution is 2.26. The maximum Gasteiger partial charge on any atom is 0.0998 e. The minimum atomic E-state index is 0.626. The van der Waals surface area contributed by atoms with Crippen molar-refractivity contribution in [2.45, 2.75) is 20.8 Å². The summed E-state index contributed by atoms with van der Waals surface area (Å²) in [6.07, 6.45) is 1.94. The molecule has 1 aromatic heterocycles. The molecule has 0 radical (unpaired) electrons. The molecule has 0 saturated carbocycles. The first kappa shape index (κ1) is 17.1. The van der Waals surface area contributed by atoms with Gasteiger partial charge in [0.05, 0.1) is 11.6 Å². The quantitative estimate of drug-likeness (QED) is 0.525. The zero-order valence-electron chi connectivity index (χ0n) is 14.5. The molecule has 3 heteroatoms. The Hall–Kier alpha value is -2.76. The number of nitriles is 1. The molecule has 0 unspecified atom stereocenters. The Morgan fingerprint density at radius 2 is 1.76 bits per heavy atom. The van der Waals surface area contributed by atoms with Gasteiger partial charge in [-0.15, -0.1) is 0 Å². The smallest absolute Gasteiger partial charge is 0.0998 e. The summed E-state index contributed by atoms with van der Waals surface area (Å²) in [5, 5.41) is 10.2. The lowest BCUT2D eigenvalue weighted by molar-refractivity contribution is 0.962. The summed E-state index contributed by atoms with van der Waals surface area (Å²) in [4.78, 5) is 0. The van der Waals surface area contributed by atoms with Crippen molar-refractivity contribution in [1.29, 1.82) is 5.26 Å².